The topological polar surface area (TPSA) is 55.2 Å². The Bertz CT molecular complexity index is 630. The normalized spacial score (nSPS) is 24.6. The number of rotatable bonds is 2. The second kappa shape index (κ2) is 4.40. The Morgan fingerprint density at radius 1 is 1.20 bits per heavy atom. The number of carbonyl (C=O) groups excluding carboxylic acids is 2. The first-order valence-electron chi connectivity index (χ1n) is 6.39. The van der Waals surface area contributed by atoms with Crippen molar-refractivity contribution < 1.29 is 14.0 Å². The van der Waals surface area contributed by atoms with E-state index in [4.69, 9.17) is 0 Å². The molecular weight excluding hydrogens is 261 g/mol. The fourth-order valence-corrected chi connectivity index (χ4v) is 2.71. The minimum Gasteiger partial charge on any atom is -0.277 e. The van der Waals surface area contributed by atoms with Crippen LogP contribution in [0, 0.1) is 24.7 Å². The van der Waals surface area contributed by atoms with Gasteiger partial charge in [-0.3, -0.25) is 14.5 Å². The van der Waals surface area contributed by atoms with E-state index < -0.39 is 17.8 Å². The quantitative estimate of drug-likeness (QED) is 0.759. The van der Waals surface area contributed by atoms with E-state index in [9.17, 15) is 14.0 Å². The summed E-state index contributed by atoms with van der Waals surface area (Å²) in [4.78, 5) is 25.6. The lowest BCUT2D eigenvalue weighted by Crippen LogP contribution is -2.30. The van der Waals surface area contributed by atoms with Crippen LogP contribution in [0.1, 0.15) is 11.3 Å². The van der Waals surface area contributed by atoms with Crippen LogP contribution in [0.5, 0.6) is 0 Å². The van der Waals surface area contributed by atoms with E-state index in [1.807, 2.05) is 0 Å². The van der Waals surface area contributed by atoms with Gasteiger partial charge in [0.2, 0.25) is 17.8 Å². The summed E-state index contributed by atoms with van der Waals surface area (Å²) in [7, 11) is 1.49. The molecule has 6 heteroatoms. The Balaban J connectivity index is 1.92. The van der Waals surface area contributed by atoms with E-state index in [-0.39, 0.29) is 18.4 Å². The van der Waals surface area contributed by atoms with Gasteiger partial charge in [0, 0.05) is 12.6 Å². The zero-order valence-corrected chi connectivity index (χ0v) is 11.2. The number of likely N-dealkylation sites (tertiary alicyclic amines) is 1. The maximum absolute atomic E-state index is 13.9. The predicted octanol–water partition coefficient (Wildman–Crippen LogP) is 1.09. The third-order valence-electron chi connectivity index (χ3n) is 3.82. The molecule has 2 atom stereocenters. The van der Waals surface area contributed by atoms with Gasteiger partial charge in [-0.15, -0.1) is 0 Å². The Kier molecular flexibility index (Phi) is 2.81. The SMILES string of the molecule is Cc1nn(C)c(F)c1CN1C(=O)[C@@H]2C=CC=C[C@H]2C1=O. The lowest BCUT2D eigenvalue weighted by atomic mass is 9.91. The lowest BCUT2D eigenvalue weighted by molar-refractivity contribution is -0.140. The molecule has 2 heterocycles. The second-order valence-corrected chi connectivity index (χ2v) is 5.06. The van der Waals surface area contributed by atoms with Crippen molar-refractivity contribution in [1.29, 1.82) is 0 Å². The average molecular weight is 275 g/mol. The van der Waals surface area contributed by atoms with E-state index in [1.54, 1.807) is 31.2 Å². The Labute approximate surface area is 115 Å². The molecule has 104 valence electrons. The standard InChI is InChI=1S/C14H14FN3O2/c1-8-11(12(15)17(2)16-8)7-18-13(19)9-5-3-4-6-10(9)14(18)20/h3-6,9-10H,7H2,1-2H3/t9-,10-/m1/s1. The number of carbonyl (C=O) groups is 2. The Morgan fingerprint density at radius 2 is 1.75 bits per heavy atom. The first-order chi connectivity index (χ1) is 9.50. The summed E-state index contributed by atoms with van der Waals surface area (Å²) in [5.74, 6) is -1.96. The van der Waals surface area contributed by atoms with Crippen molar-refractivity contribution in [3.63, 3.8) is 0 Å². The van der Waals surface area contributed by atoms with Gasteiger partial charge in [-0.05, 0) is 6.92 Å². The highest BCUT2D eigenvalue weighted by Gasteiger charge is 2.45. The molecule has 20 heavy (non-hydrogen) atoms. The number of amides is 2. The summed E-state index contributed by atoms with van der Waals surface area (Å²) >= 11 is 0. The molecule has 1 aromatic heterocycles. The highest BCUT2D eigenvalue weighted by Crippen LogP contribution is 2.32. The van der Waals surface area contributed by atoms with Gasteiger partial charge in [-0.1, -0.05) is 24.3 Å². The Hall–Kier alpha value is -2.24. The number of nitrogens with zero attached hydrogens (tertiary/aromatic N) is 3. The molecule has 0 unspecified atom stereocenters. The van der Waals surface area contributed by atoms with Crippen molar-refractivity contribution in [3.05, 3.63) is 41.5 Å². The van der Waals surface area contributed by atoms with Crippen molar-refractivity contribution in [1.82, 2.24) is 14.7 Å². The van der Waals surface area contributed by atoms with Gasteiger partial charge in [0.05, 0.1) is 24.1 Å². The van der Waals surface area contributed by atoms with Gasteiger partial charge < -0.3 is 0 Å². The number of imide groups is 1. The number of halogens is 1. The van der Waals surface area contributed by atoms with Crippen LogP contribution in [0.15, 0.2) is 24.3 Å². The van der Waals surface area contributed by atoms with Crippen LogP contribution in [0.25, 0.3) is 0 Å². The summed E-state index contributed by atoms with van der Waals surface area (Å²) in [6, 6.07) is 0. The second-order valence-electron chi connectivity index (χ2n) is 5.06. The number of hydrogen-bond acceptors (Lipinski definition) is 3. The van der Waals surface area contributed by atoms with E-state index in [0.29, 0.717) is 11.3 Å². The monoisotopic (exact) mass is 275 g/mol. The van der Waals surface area contributed by atoms with Crippen molar-refractivity contribution in [2.24, 2.45) is 18.9 Å². The smallest absolute Gasteiger partial charge is 0.237 e. The van der Waals surface area contributed by atoms with E-state index in [2.05, 4.69) is 5.10 Å². The van der Waals surface area contributed by atoms with Crippen LogP contribution in [0.2, 0.25) is 0 Å². The molecule has 1 fully saturated rings. The molecule has 5 nitrogen and oxygen atoms in total. The third-order valence-corrected chi connectivity index (χ3v) is 3.82. The number of allylic oxidation sites excluding steroid dienone is 2. The summed E-state index contributed by atoms with van der Waals surface area (Å²) in [5, 5.41) is 3.96. The number of aromatic nitrogens is 2. The molecule has 1 aliphatic carbocycles. The summed E-state index contributed by atoms with van der Waals surface area (Å²) < 4.78 is 15.0. The van der Waals surface area contributed by atoms with Crippen LogP contribution in [-0.4, -0.2) is 26.5 Å². The van der Waals surface area contributed by atoms with Gasteiger partial charge >= 0.3 is 0 Å². The van der Waals surface area contributed by atoms with Gasteiger partial charge in [0.1, 0.15) is 0 Å². The maximum Gasteiger partial charge on any atom is 0.237 e. The van der Waals surface area contributed by atoms with Gasteiger partial charge in [0.15, 0.2) is 0 Å². The molecule has 2 amide bonds. The molecule has 0 bridgehead atoms. The van der Waals surface area contributed by atoms with Gasteiger partial charge in [0.25, 0.3) is 0 Å². The third kappa shape index (κ3) is 1.71. The lowest BCUT2D eigenvalue weighted by Gasteiger charge is -2.13. The number of fused-ring (bicyclic) bond motifs is 1. The fraction of sp³-hybridized carbons (Fsp3) is 0.357. The highest BCUT2D eigenvalue weighted by atomic mass is 19.1. The van der Waals surface area contributed by atoms with Crippen molar-refractivity contribution in [2.45, 2.75) is 13.5 Å². The largest absolute Gasteiger partial charge is 0.277 e. The minimum absolute atomic E-state index is 0.0577. The fourth-order valence-electron chi connectivity index (χ4n) is 2.71. The molecule has 3 rings (SSSR count). The average Bonchev–Trinajstić information content (AvgIpc) is 2.82. The summed E-state index contributed by atoms with van der Waals surface area (Å²) in [6.07, 6.45) is 6.95. The Morgan fingerprint density at radius 3 is 2.20 bits per heavy atom. The van der Waals surface area contributed by atoms with E-state index in [1.165, 1.54) is 7.05 Å². The molecule has 1 aromatic rings. The van der Waals surface area contributed by atoms with Crippen LogP contribution < -0.4 is 0 Å². The van der Waals surface area contributed by atoms with Crippen molar-refractivity contribution in [3.8, 4) is 0 Å². The van der Waals surface area contributed by atoms with Gasteiger partial charge in [-0.2, -0.15) is 9.49 Å². The molecular formula is C14H14FN3O2. The zero-order chi connectivity index (χ0) is 14.4. The van der Waals surface area contributed by atoms with Crippen LogP contribution >= 0.6 is 0 Å². The zero-order valence-electron chi connectivity index (χ0n) is 11.2. The maximum atomic E-state index is 13.9. The van der Waals surface area contributed by atoms with Crippen molar-refractivity contribution >= 4 is 11.8 Å². The van der Waals surface area contributed by atoms with E-state index >= 15 is 0 Å². The van der Waals surface area contributed by atoms with Crippen molar-refractivity contribution in [2.75, 3.05) is 0 Å². The minimum atomic E-state index is -0.510. The number of aryl methyl sites for hydroxylation is 2. The molecule has 2 aliphatic rings. The van der Waals surface area contributed by atoms with Crippen LogP contribution in [0.4, 0.5) is 4.39 Å². The molecule has 1 saturated heterocycles. The van der Waals surface area contributed by atoms with Gasteiger partial charge in [-0.25, -0.2) is 4.68 Å². The molecule has 0 spiro atoms. The molecule has 0 N–H and O–H groups in total. The molecule has 1 aliphatic heterocycles. The predicted molar refractivity (Wildman–Crippen MR) is 68.7 cm³/mol. The molecule has 0 saturated carbocycles. The molecule has 0 radical (unpaired) electrons. The van der Waals surface area contributed by atoms with E-state index in [0.717, 1.165) is 9.58 Å². The number of hydrogen-bond donors (Lipinski definition) is 0. The molecule has 0 aromatic carbocycles. The summed E-state index contributed by atoms with van der Waals surface area (Å²) in [5.41, 5.74) is 0.785. The summed E-state index contributed by atoms with van der Waals surface area (Å²) in [6.45, 7) is 1.61. The highest BCUT2D eigenvalue weighted by molar-refractivity contribution is 6.07. The van der Waals surface area contributed by atoms with Crippen LogP contribution in [-0.2, 0) is 23.2 Å². The first-order valence-corrected chi connectivity index (χ1v) is 6.39. The van der Waals surface area contributed by atoms with Crippen LogP contribution in [0.3, 0.4) is 0 Å². The first kappa shape index (κ1) is 12.8.